The fourth-order valence-corrected chi connectivity index (χ4v) is 3.07. The molecule has 6 nitrogen and oxygen atoms in total. The molecule has 0 bridgehead atoms. The first kappa shape index (κ1) is 15.6. The summed E-state index contributed by atoms with van der Waals surface area (Å²) in [6, 6.07) is 6.46. The van der Waals surface area contributed by atoms with Gasteiger partial charge in [-0.15, -0.1) is 0 Å². The largest absolute Gasteiger partial charge is 0.479 e. The molecule has 0 radical (unpaired) electrons. The molecule has 0 aliphatic carbocycles. The number of amides is 1. The molecule has 1 N–H and O–H groups in total. The molecule has 1 aliphatic heterocycles. The topological polar surface area (TPSA) is 75.4 Å². The fourth-order valence-electron chi connectivity index (χ4n) is 2.92. The lowest BCUT2D eigenvalue weighted by atomic mass is 9.92. The van der Waals surface area contributed by atoms with Crippen LogP contribution in [0.5, 0.6) is 0 Å². The van der Waals surface area contributed by atoms with Gasteiger partial charge in [0.1, 0.15) is 0 Å². The molecule has 3 rings (SSSR count). The second kappa shape index (κ2) is 6.42. The van der Waals surface area contributed by atoms with Crippen LogP contribution in [0, 0.1) is 0 Å². The molecular weight excluding hydrogens is 318 g/mol. The predicted molar refractivity (Wildman–Crippen MR) is 84.1 cm³/mol. The van der Waals surface area contributed by atoms with E-state index < -0.39 is 12.0 Å². The van der Waals surface area contributed by atoms with Gasteiger partial charge in [-0.25, -0.2) is 4.79 Å². The third kappa shape index (κ3) is 3.22. The van der Waals surface area contributed by atoms with Gasteiger partial charge in [0, 0.05) is 25.7 Å². The van der Waals surface area contributed by atoms with Gasteiger partial charge in [-0.2, -0.15) is 5.10 Å². The lowest BCUT2D eigenvalue weighted by molar-refractivity contribution is -0.151. The molecule has 1 atom stereocenters. The highest BCUT2D eigenvalue weighted by molar-refractivity contribution is 6.30. The Morgan fingerprint density at radius 1 is 1.35 bits per heavy atom. The van der Waals surface area contributed by atoms with Crippen molar-refractivity contribution in [3.8, 4) is 0 Å². The van der Waals surface area contributed by atoms with Crippen molar-refractivity contribution in [3.63, 3.8) is 0 Å². The summed E-state index contributed by atoms with van der Waals surface area (Å²) < 4.78 is 1.58. The molecule has 1 unspecified atom stereocenters. The zero-order valence-electron chi connectivity index (χ0n) is 12.4. The molecule has 7 heteroatoms. The van der Waals surface area contributed by atoms with E-state index in [-0.39, 0.29) is 12.3 Å². The highest BCUT2D eigenvalue weighted by Gasteiger charge is 2.35. The summed E-state index contributed by atoms with van der Waals surface area (Å²) in [4.78, 5) is 25.6. The number of fused-ring (bicyclic) bond motifs is 1. The maximum atomic E-state index is 12.5. The van der Waals surface area contributed by atoms with Crippen LogP contribution in [0.3, 0.4) is 0 Å². The zero-order chi connectivity index (χ0) is 16.4. The van der Waals surface area contributed by atoms with E-state index in [1.165, 1.54) is 11.1 Å². The molecule has 2 aromatic rings. The molecule has 1 aromatic carbocycles. The normalized spacial score (nSPS) is 16.9. The molecule has 23 heavy (non-hydrogen) atoms. The molecule has 0 spiro atoms. The van der Waals surface area contributed by atoms with Crippen LogP contribution in [0.2, 0.25) is 5.02 Å². The van der Waals surface area contributed by atoms with Gasteiger partial charge in [0.25, 0.3) is 0 Å². The van der Waals surface area contributed by atoms with Crippen LogP contribution in [0.25, 0.3) is 0 Å². The highest BCUT2D eigenvalue weighted by atomic mass is 35.5. The zero-order valence-corrected chi connectivity index (χ0v) is 13.1. The van der Waals surface area contributed by atoms with Crippen molar-refractivity contribution in [3.05, 3.63) is 52.8 Å². The number of carbonyl (C=O) groups excluding carboxylic acids is 1. The molecule has 0 saturated carbocycles. The first-order valence-electron chi connectivity index (χ1n) is 7.34. The van der Waals surface area contributed by atoms with Gasteiger partial charge in [-0.3, -0.25) is 9.48 Å². The summed E-state index contributed by atoms with van der Waals surface area (Å²) in [5, 5.41) is 14.1. The van der Waals surface area contributed by atoms with Gasteiger partial charge >= 0.3 is 5.97 Å². The maximum absolute atomic E-state index is 12.5. The van der Waals surface area contributed by atoms with Gasteiger partial charge in [-0.05, 0) is 17.5 Å². The van der Waals surface area contributed by atoms with E-state index in [0.717, 1.165) is 5.56 Å². The summed E-state index contributed by atoms with van der Waals surface area (Å²) in [6.45, 7) is 0.780. The van der Waals surface area contributed by atoms with E-state index in [4.69, 9.17) is 11.6 Å². The molecule has 0 fully saturated rings. The molecule has 1 aromatic heterocycles. The summed E-state index contributed by atoms with van der Waals surface area (Å²) in [7, 11) is 0. The minimum absolute atomic E-state index is 0.184. The van der Waals surface area contributed by atoms with Gasteiger partial charge in [0.15, 0.2) is 6.04 Å². The Kier molecular flexibility index (Phi) is 4.34. The Labute approximate surface area is 138 Å². The van der Waals surface area contributed by atoms with Crippen molar-refractivity contribution in [1.29, 1.82) is 0 Å². The lowest BCUT2D eigenvalue weighted by Crippen LogP contribution is -2.43. The number of aryl methyl sites for hydroxylation is 1. The van der Waals surface area contributed by atoms with Crippen LogP contribution in [0.4, 0.5) is 0 Å². The lowest BCUT2D eigenvalue weighted by Gasteiger charge is -2.34. The van der Waals surface area contributed by atoms with Crippen molar-refractivity contribution < 1.29 is 14.7 Å². The number of benzene rings is 1. The smallest absolute Gasteiger partial charge is 0.331 e. The Bertz CT molecular complexity index is 744. The molecular formula is C16H16ClN3O3. The van der Waals surface area contributed by atoms with Crippen molar-refractivity contribution in [2.24, 2.45) is 0 Å². The molecule has 2 heterocycles. The monoisotopic (exact) mass is 333 g/mol. The average Bonchev–Trinajstić information content (AvgIpc) is 2.96. The van der Waals surface area contributed by atoms with Gasteiger partial charge in [-0.1, -0.05) is 35.9 Å². The molecule has 1 amide bonds. The average molecular weight is 334 g/mol. The number of halogens is 1. The van der Waals surface area contributed by atoms with Crippen LogP contribution >= 0.6 is 11.6 Å². The third-order valence-corrected chi connectivity index (χ3v) is 4.19. The van der Waals surface area contributed by atoms with E-state index in [1.807, 2.05) is 12.1 Å². The van der Waals surface area contributed by atoms with E-state index in [0.29, 0.717) is 30.1 Å². The minimum Gasteiger partial charge on any atom is -0.479 e. The Morgan fingerprint density at radius 2 is 2.13 bits per heavy atom. The van der Waals surface area contributed by atoms with E-state index in [9.17, 15) is 14.7 Å². The SMILES string of the molecule is O=C(O)C1c2ccccc2CCN1C(=O)CCn1cc(Cl)cn1. The van der Waals surface area contributed by atoms with E-state index in [2.05, 4.69) is 5.10 Å². The summed E-state index contributed by atoms with van der Waals surface area (Å²) in [5.74, 6) is -1.20. The van der Waals surface area contributed by atoms with Crippen molar-refractivity contribution in [1.82, 2.24) is 14.7 Å². The number of carboxylic acids is 1. The minimum atomic E-state index is -1.01. The molecule has 0 saturated heterocycles. The number of hydrogen-bond donors (Lipinski definition) is 1. The van der Waals surface area contributed by atoms with Crippen LogP contribution in [0.15, 0.2) is 36.7 Å². The van der Waals surface area contributed by atoms with E-state index in [1.54, 1.807) is 23.0 Å². The standard InChI is InChI=1S/C16H16ClN3O3/c17-12-9-18-19(10-12)7-6-14(21)20-8-5-11-3-1-2-4-13(11)15(20)16(22)23/h1-4,9-10,15H,5-8H2,(H,22,23). The van der Waals surface area contributed by atoms with Gasteiger partial charge in [0.05, 0.1) is 11.2 Å². The first-order chi connectivity index (χ1) is 11.1. The number of carbonyl (C=O) groups is 2. The number of aromatic nitrogens is 2. The van der Waals surface area contributed by atoms with Crippen LogP contribution in [0.1, 0.15) is 23.6 Å². The van der Waals surface area contributed by atoms with Gasteiger partial charge < -0.3 is 10.0 Å². The highest BCUT2D eigenvalue weighted by Crippen LogP contribution is 2.30. The number of rotatable bonds is 4. The second-order valence-electron chi connectivity index (χ2n) is 5.45. The van der Waals surface area contributed by atoms with Crippen LogP contribution in [-0.4, -0.2) is 38.2 Å². The predicted octanol–water partition coefficient (Wildman–Crippen LogP) is 2.14. The van der Waals surface area contributed by atoms with E-state index >= 15 is 0 Å². The quantitative estimate of drug-likeness (QED) is 0.930. The van der Waals surface area contributed by atoms with Crippen LogP contribution in [-0.2, 0) is 22.6 Å². The number of aliphatic carboxylic acids is 1. The summed E-state index contributed by atoms with van der Waals surface area (Å²) in [5.41, 5.74) is 1.68. The summed E-state index contributed by atoms with van der Waals surface area (Å²) in [6.07, 6.45) is 3.99. The van der Waals surface area contributed by atoms with Gasteiger partial charge in [0.2, 0.25) is 5.91 Å². The number of nitrogens with zero attached hydrogens (tertiary/aromatic N) is 3. The third-order valence-electron chi connectivity index (χ3n) is 3.99. The van der Waals surface area contributed by atoms with Crippen molar-refractivity contribution in [2.45, 2.75) is 25.4 Å². The second-order valence-corrected chi connectivity index (χ2v) is 5.88. The Morgan fingerprint density at radius 3 is 2.83 bits per heavy atom. The Hall–Kier alpha value is -2.34. The first-order valence-corrected chi connectivity index (χ1v) is 7.72. The molecule has 1 aliphatic rings. The fraction of sp³-hybridized carbons (Fsp3) is 0.312. The summed E-state index contributed by atoms with van der Waals surface area (Å²) >= 11 is 5.79. The number of carboxylic acid groups (broad SMARTS) is 1. The molecule has 120 valence electrons. The van der Waals surface area contributed by atoms with Crippen molar-refractivity contribution in [2.75, 3.05) is 6.54 Å². The van der Waals surface area contributed by atoms with Crippen LogP contribution < -0.4 is 0 Å². The Balaban J connectivity index is 1.76. The maximum Gasteiger partial charge on any atom is 0.331 e. The van der Waals surface area contributed by atoms with Crippen molar-refractivity contribution >= 4 is 23.5 Å². The number of hydrogen-bond acceptors (Lipinski definition) is 3.